The number of alkyl halides is 3. The Bertz CT molecular complexity index is 1400. The predicted molar refractivity (Wildman–Crippen MR) is 133 cm³/mol. The number of aromatic nitrogens is 3. The lowest BCUT2D eigenvalue weighted by atomic mass is 10.1. The molecule has 0 saturated heterocycles. The first-order valence-electron chi connectivity index (χ1n) is 11.6. The van der Waals surface area contributed by atoms with Crippen molar-refractivity contribution in [1.29, 1.82) is 0 Å². The number of rotatable bonds is 8. The molecule has 1 saturated carbocycles. The number of fused-ring (bicyclic) bond motifs is 1. The number of anilines is 3. The van der Waals surface area contributed by atoms with Crippen LogP contribution in [0.3, 0.4) is 0 Å². The van der Waals surface area contributed by atoms with E-state index in [4.69, 9.17) is 0 Å². The summed E-state index contributed by atoms with van der Waals surface area (Å²) in [6.07, 6.45) is -0.324. The minimum atomic E-state index is -4.40. The summed E-state index contributed by atoms with van der Waals surface area (Å²) in [5.74, 6) is 1.02. The summed E-state index contributed by atoms with van der Waals surface area (Å²) in [4.78, 5) is 13.4. The third kappa shape index (κ3) is 5.76. The van der Waals surface area contributed by atoms with Gasteiger partial charge in [0.15, 0.2) is 0 Å². The van der Waals surface area contributed by atoms with Crippen LogP contribution in [0.4, 0.5) is 36.2 Å². The van der Waals surface area contributed by atoms with Crippen molar-refractivity contribution in [3.63, 3.8) is 0 Å². The maximum Gasteiger partial charge on any atom is 0.416 e. The first kappa shape index (κ1) is 23.7. The summed E-state index contributed by atoms with van der Waals surface area (Å²) < 4.78 is 38.7. The monoisotopic (exact) mass is 491 g/mol. The van der Waals surface area contributed by atoms with Gasteiger partial charge in [-0.15, -0.1) is 5.11 Å². The maximum absolute atomic E-state index is 12.9. The number of hydrogen-bond acceptors (Lipinski definition) is 7. The molecule has 0 atom stereocenters. The second-order valence-corrected chi connectivity index (χ2v) is 8.78. The number of benzene rings is 2. The number of nitrogens with one attached hydrogen (secondary N) is 2. The summed E-state index contributed by atoms with van der Waals surface area (Å²) in [5.41, 5.74) is 3.44. The fraction of sp³-hybridized carbons (Fsp3) is 0.269. The smallest absolute Gasteiger partial charge is 0.383 e. The third-order valence-corrected chi connectivity index (χ3v) is 5.88. The average molecular weight is 492 g/mol. The molecule has 1 aliphatic rings. The van der Waals surface area contributed by atoms with E-state index in [0.717, 1.165) is 46.9 Å². The van der Waals surface area contributed by atoms with Gasteiger partial charge in [0.05, 0.1) is 40.0 Å². The van der Waals surface area contributed by atoms with Gasteiger partial charge in [-0.3, -0.25) is 4.98 Å². The highest BCUT2D eigenvalue weighted by atomic mass is 19.4. The Kier molecular flexibility index (Phi) is 6.49. The van der Waals surface area contributed by atoms with E-state index in [1.807, 2.05) is 25.1 Å². The Morgan fingerprint density at radius 2 is 1.83 bits per heavy atom. The highest BCUT2D eigenvalue weighted by Crippen LogP contribution is 2.32. The molecule has 2 aromatic carbocycles. The SMILES string of the molecule is Cc1nc(N=NCc2ccc(Nc3cccc(C(F)(F)F)c3)cn2)nc2c(NCC3CC3)cccc12. The highest BCUT2D eigenvalue weighted by molar-refractivity contribution is 5.92. The number of para-hydroxylation sites is 1. The van der Waals surface area contributed by atoms with Crippen molar-refractivity contribution in [2.75, 3.05) is 17.2 Å². The Hall–Kier alpha value is -4.08. The zero-order valence-corrected chi connectivity index (χ0v) is 19.5. The van der Waals surface area contributed by atoms with Crippen LogP contribution in [0.1, 0.15) is 29.8 Å². The van der Waals surface area contributed by atoms with Gasteiger partial charge in [-0.2, -0.15) is 18.3 Å². The maximum atomic E-state index is 12.9. The molecule has 2 aromatic heterocycles. The van der Waals surface area contributed by atoms with Gasteiger partial charge in [-0.05, 0) is 62.1 Å². The summed E-state index contributed by atoms with van der Waals surface area (Å²) in [5, 5.41) is 15.8. The molecule has 36 heavy (non-hydrogen) atoms. The van der Waals surface area contributed by atoms with Crippen LogP contribution in [0.2, 0.25) is 0 Å². The third-order valence-electron chi connectivity index (χ3n) is 5.88. The molecule has 0 spiro atoms. The molecular weight excluding hydrogens is 467 g/mol. The van der Waals surface area contributed by atoms with E-state index in [1.165, 1.54) is 18.9 Å². The molecule has 184 valence electrons. The van der Waals surface area contributed by atoms with Crippen molar-refractivity contribution >= 4 is 33.9 Å². The molecule has 10 heteroatoms. The molecule has 0 aliphatic heterocycles. The van der Waals surface area contributed by atoms with Crippen molar-refractivity contribution in [2.24, 2.45) is 16.1 Å². The van der Waals surface area contributed by atoms with Gasteiger partial charge in [0.25, 0.3) is 5.95 Å². The molecule has 2 heterocycles. The van der Waals surface area contributed by atoms with Crippen LogP contribution >= 0.6 is 0 Å². The normalized spacial score (nSPS) is 13.9. The molecule has 0 unspecified atom stereocenters. The van der Waals surface area contributed by atoms with Crippen molar-refractivity contribution in [2.45, 2.75) is 32.5 Å². The minimum absolute atomic E-state index is 0.214. The molecule has 7 nitrogen and oxygen atoms in total. The zero-order valence-electron chi connectivity index (χ0n) is 19.5. The van der Waals surface area contributed by atoms with Crippen LogP contribution < -0.4 is 10.6 Å². The first-order valence-corrected chi connectivity index (χ1v) is 11.6. The average Bonchev–Trinajstić information content (AvgIpc) is 3.68. The van der Waals surface area contributed by atoms with Crippen molar-refractivity contribution in [1.82, 2.24) is 15.0 Å². The molecule has 1 aliphatic carbocycles. The fourth-order valence-electron chi connectivity index (χ4n) is 3.76. The topological polar surface area (TPSA) is 87.5 Å². The quantitative estimate of drug-likeness (QED) is 0.255. The summed E-state index contributed by atoms with van der Waals surface area (Å²) in [6.45, 7) is 3.07. The molecule has 0 amide bonds. The van der Waals surface area contributed by atoms with E-state index in [0.29, 0.717) is 17.1 Å². The van der Waals surface area contributed by atoms with E-state index in [-0.39, 0.29) is 12.5 Å². The number of halogens is 3. The minimum Gasteiger partial charge on any atom is -0.383 e. The molecule has 1 fully saturated rings. The molecule has 0 radical (unpaired) electrons. The van der Waals surface area contributed by atoms with Gasteiger partial charge >= 0.3 is 6.18 Å². The standard InChI is InChI=1S/C26H24F3N7/c1-16-22-6-3-7-23(31-13-17-8-9-17)24(22)35-25(33-16)36-32-15-20-10-11-21(14-30-20)34-19-5-2-4-18(12-19)26(27,28)29/h2-7,10-12,14,17,31,34H,8-9,13,15H2,1H3. The Morgan fingerprint density at radius 1 is 1.00 bits per heavy atom. The van der Waals surface area contributed by atoms with Gasteiger partial charge in [0, 0.05) is 17.6 Å². The molecule has 4 aromatic rings. The number of azo groups is 1. The van der Waals surface area contributed by atoms with Gasteiger partial charge in [0.2, 0.25) is 0 Å². The van der Waals surface area contributed by atoms with E-state index in [9.17, 15) is 13.2 Å². The van der Waals surface area contributed by atoms with E-state index >= 15 is 0 Å². The number of nitrogens with zero attached hydrogens (tertiary/aromatic N) is 5. The number of aryl methyl sites for hydroxylation is 1. The first-order chi connectivity index (χ1) is 17.3. The van der Waals surface area contributed by atoms with Crippen LogP contribution in [0, 0.1) is 12.8 Å². The summed E-state index contributed by atoms with van der Waals surface area (Å²) in [7, 11) is 0. The van der Waals surface area contributed by atoms with Crippen LogP contribution in [0.5, 0.6) is 0 Å². The lowest BCUT2D eigenvalue weighted by Gasteiger charge is -2.10. The van der Waals surface area contributed by atoms with Crippen LogP contribution in [-0.2, 0) is 12.7 Å². The molecule has 2 N–H and O–H groups in total. The molecule has 5 rings (SSSR count). The van der Waals surface area contributed by atoms with Gasteiger partial charge in [-0.1, -0.05) is 18.2 Å². The highest BCUT2D eigenvalue weighted by Gasteiger charge is 2.30. The summed E-state index contributed by atoms with van der Waals surface area (Å²) >= 11 is 0. The van der Waals surface area contributed by atoms with Crippen molar-refractivity contribution in [3.8, 4) is 0 Å². The van der Waals surface area contributed by atoms with Crippen LogP contribution in [0.25, 0.3) is 10.9 Å². The second kappa shape index (κ2) is 9.88. The number of pyridine rings is 1. The van der Waals surface area contributed by atoms with Crippen molar-refractivity contribution < 1.29 is 13.2 Å². The largest absolute Gasteiger partial charge is 0.416 e. The van der Waals surface area contributed by atoms with Crippen LogP contribution in [-0.4, -0.2) is 21.5 Å². The second-order valence-electron chi connectivity index (χ2n) is 8.78. The Labute approximate surface area is 205 Å². The van der Waals surface area contributed by atoms with Gasteiger partial charge in [0.1, 0.15) is 6.54 Å². The fourth-order valence-corrected chi connectivity index (χ4v) is 3.76. The lowest BCUT2D eigenvalue weighted by Crippen LogP contribution is -2.05. The van der Waals surface area contributed by atoms with Gasteiger partial charge in [-0.25, -0.2) is 9.97 Å². The van der Waals surface area contributed by atoms with E-state index < -0.39 is 11.7 Å². The molecule has 0 bridgehead atoms. The molecular formula is C26H24F3N7. The summed E-state index contributed by atoms with van der Waals surface area (Å²) in [6, 6.07) is 14.5. The van der Waals surface area contributed by atoms with Crippen molar-refractivity contribution in [3.05, 3.63) is 77.7 Å². The van der Waals surface area contributed by atoms with Gasteiger partial charge < -0.3 is 10.6 Å². The van der Waals surface area contributed by atoms with E-state index in [1.54, 1.807) is 24.4 Å². The van der Waals surface area contributed by atoms with E-state index in [2.05, 4.69) is 35.8 Å². The number of hydrogen-bond donors (Lipinski definition) is 2. The Balaban J connectivity index is 1.25. The predicted octanol–water partition coefficient (Wildman–Crippen LogP) is 7.20. The Morgan fingerprint density at radius 3 is 2.58 bits per heavy atom. The zero-order chi connectivity index (χ0) is 25.1. The lowest BCUT2D eigenvalue weighted by molar-refractivity contribution is -0.137. The van der Waals surface area contributed by atoms with Crippen LogP contribution in [0.15, 0.2) is 71.0 Å².